The quantitative estimate of drug-likeness (QED) is 0.445. The third kappa shape index (κ3) is 7.64. The molecule has 0 bridgehead atoms. The molecule has 0 unspecified atom stereocenters. The summed E-state index contributed by atoms with van der Waals surface area (Å²) in [6, 6.07) is 0. The average Bonchev–Trinajstić information content (AvgIpc) is 2.16. The van der Waals surface area contributed by atoms with Crippen LogP contribution in [0.5, 0.6) is 0 Å². The van der Waals surface area contributed by atoms with Crippen LogP contribution in [0.15, 0.2) is 0 Å². The highest BCUT2D eigenvalue weighted by Gasteiger charge is 2.39. The Hall–Kier alpha value is -0.240. The smallest absolute Gasteiger partial charge is 0.246 e. The monoisotopic (exact) mass is 252 g/mol. The zero-order valence-corrected chi connectivity index (χ0v) is 11.7. The minimum absolute atomic E-state index is 0.176. The first-order valence-corrected chi connectivity index (χ1v) is 5.60. The summed E-state index contributed by atoms with van der Waals surface area (Å²) in [6.07, 6.45) is 0.176. The largest absolute Gasteiger partial charge is 0.365 e. The molecule has 104 valence electrons. The molecular weight excluding hydrogens is 228 g/mol. The molecule has 0 aromatic heterocycles. The third-order valence-electron chi connectivity index (χ3n) is 1.41. The molecule has 0 spiro atoms. The second-order valence-corrected chi connectivity index (χ2v) is 5.69. The molecule has 0 saturated heterocycles. The van der Waals surface area contributed by atoms with E-state index in [2.05, 4.69) is 4.89 Å². The molecule has 0 radical (unpaired) electrons. The van der Waals surface area contributed by atoms with E-state index in [0.717, 1.165) is 0 Å². The van der Waals surface area contributed by atoms with Gasteiger partial charge in [0.15, 0.2) is 0 Å². The first-order chi connectivity index (χ1) is 7.54. The van der Waals surface area contributed by atoms with Crippen LogP contribution in [0, 0.1) is 0 Å². The maximum absolute atomic E-state index is 8.86. The summed E-state index contributed by atoms with van der Waals surface area (Å²) in [4.78, 5) is 24.2. The summed E-state index contributed by atoms with van der Waals surface area (Å²) in [5.41, 5.74) is -1.13. The van der Waals surface area contributed by atoms with Gasteiger partial charge in [-0.3, -0.25) is 0 Å². The van der Waals surface area contributed by atoms with E-state index in [0.29, 0.717) is 0 Å². The summed E-state index contributed by atoms with van der Waals surface area (Å²) >= 11 is 0. The summed E-state index contributed by atoms with van der Waals surface area (Å²) in [5, 5.41) is 8.86. The van der Waals surface area contributed by atoms with Gasteiger partial charge in [-0.05, 0) is 41.5 Å². The van der Waals surface area contributed by atoms with Gasteiger partial charge in [0.25, 0.3) is 0 Å². The van der Waals surface area contributed by atoms with Crippen LogP contribution in [0.1, 0.15) is 54.9 Å². The van der Waals surface area contributed by atoms with E-state index < -0.39 is 17.2 Å². The van der Waals surface area contributed by atoms with Gasteiger partial charge < -0.3 is 0 Å². The van der Waals surface area contributed by atoms with Crippen molar-refractivity contribution in [3.8, 4) is 0 Å². The topological polar surface area (TPSA) is 66.4 Å². The molecule has 17 heavy (non-hydrogen) atoms. The first-order valence-electron chi connectivity index (χ1n) is 5.60. The van der Waals surface area contributed by atoms with Crippen molar-refractivity contribution in [1.82, 2.24) is 0 Å². The van der Waals surface area contributed by atoms with Crippen LogP contribution in [0.3, 0.4) is 0 Å². The lowest BCUT2D eigenvalue weighted by molar-refractivity contribution is -0.642. The molecule has 6 heteroatoms. The van der Waals surface area contributed by atoms with E-state index >= 15 is 0 Å². The van der Waals surface area contributed by atoms with Gasteiger partial charge in [0, 0.05) is 6.42 Å². The molecule has 0 aromatic carbocycles. The Labute approximate surface area is 103 Å². The van der Waals surface area contributed by atoms with Gasteiger partial charge in [0.05, 0.1) is 11.2 Å². The first kappa shape index (κ1) is 16.8. The zero-order valence-electron chi connectivity index (χ0n) is 11.7. The molecule has 0 heterocycles. The lowest BCUT2D eigenvalue weighted by atomic mass is 10.2. The molecule has 0 aliphatic heterocycles. The fourth-order valence-electron chi connectivity index (χ4n) is 0.604. The predicted octanol–water partition coefficient (Wildman–Crippen LogP) is 3.03. The highest BCUT2D eigenvalue weighted by atomic mass is 17.4. The summed E-state index contributed by atoms with van der Waals surface area (Å²) in [5.74, 6) is -1.79. The van der Waals surface area contributed by atoms with Crippen LogP contribution in [0.25, 0.3) is 0 Å². The van der Waals surface area contributed by atoms with Gasteiger partial charge in [-0.1, -0.05) is 6.92 Å². The fraction of sp³-hybridized carbons (Fsp3) is 1.00. The Morgan fingerprint density at radius 3 is 1.29 bits per heavy atom. The van der Waals surface area contributed by atoms with Gasteiger partial charge in [0.2, 0.25) is 0 Å². The van der Waals surface area contributed by atoms with Crippen LogP contribution in [-0.4, -0.2) is 22.4 Å². The molecule has 1 N–H and O–H groups in total. The number of hydrogen-bond acceptors (Lipinski definition) is 6. The Bertz CT molecular complexity index is 191. The average molecular weight is 252 g/mol. The molecule has 0 amide bonds. The lowest BCUT2D eigenvalue weighted by Crippen LogP contribution is -2.42. The van der Waals surface area contributed by atoms with E-state index in [4.69, 9.17) is 24.8 Å². The molecule has 0 atom stereocenters. The van der Waals surface area contributed by atoms with Crippen molar-refractivity contribution in [1.29, 1.82) is 0 Å². The minimum Gasteiger partial charge on any atom is -0.246 e. The predicted molar refractivity (Wildman–Crippen MR) is 60.6 cm³/mol. The second-order valence-electron chi connectivity index (χ2n) is 5.69. The van der Waals surface area contributed by atoms with E-state index in [1.165, 1.54) is 0 Å². The standard InChI is InChI=1S/C11H24O6/c1-8-11(13-12,16-14-9(2,3)4)17-15-10(5,6)7/h12H,8H2,1-7H3. The van der Waals surface area contributed by atoms with Crippen molar-refractivity contribution in [2.45, 2.75) is 72.1 Å². The number of hydrogen-bond donors (Lipinski definition) is 1. The summed E-state index contributed by atoms with van der Waals surface area (Å²) in [6.45, 7) is 12.4. The molecule has 0 aliphatic carbocycles. The van der Waals surface area contributed by atoms with Gasteiger partial charge in [-0.15, -0.1) is 0 Å². The van der Waals surface area contributed by atoms with Crippen LogP contribution in [0.4, 0.5) is 0 Å². The Balaban J connectivity index is 4.46. The molecule has 0 fully saturated rings. The lowest BCUT2D eigenvalue weighted by Gasteiger charge is -2.31. The molecule has 0 aliphatic rings. The Morgan fingerprint density at radius 1 is 0.765 bits per heavy atom. The molecule has 6 nitrogen and oxygen atoms in total. The Morgan fingerprint density at radius 2 is 1.12 bits per heavy atom. The van der Waals surface area contributed by atoms with Crippen molar-refractivity contribution in [2.75, 3.05) is 0 Å². The van der Waals surface area contributed by atoms with Crippen LogP contribution >= 0.6 is 0 Å². The van der Waals surface area contributed by atoms with Gasteiger partial charge in [-0.2, -0.15) is 14.7 Å². The van der Waals surface area contributed by atoms with E-state index in [9.17, 15) is 0 Å². The van der Waals surface area contributed by atoms with Crippen molar-refractivity contribution in [3.63, 3.8) is 0 Å². The van der Waals surface area contributed by atoms with Crippen LogP contribution < -0.4 is 0 Å². The second kappa shape index (κ2) is 6.08. The molecule has 0 rings (SSSR count). The van der Waals surface area contributed by atoms with Crippen molar-refractivity contribution in [3.05, 3.63) is 0 Å². The zero-order chi connectivity index (χ0) is 13.7. The molecule has 0 aromatic rings. The highest BCUT2D eigenvalue weighted by molar-refractivity contribution is 4.57. The van der Waals surface area contributed by atoms with Gasteiger partial charge >= 0.3 is 5.97 Å². The maximum Gasteiger partial charge on any atom is 0.365 e. The van der Waals surface area contributed by atoms with Crippen molar-refractivity contribution < 1.29 is 29.7 Å². The number of rotatable bonds is 6. The van der Waals surface area contributed by atoms with Crippen molar-refractivity contribution in [2.24, 2.45) is 0 Å². The van der Waals surface area contributed by atoms with E-state index in [1.54, 1.807) is 48.5 Å². The third-order valence-corrected chi connectivity index (χ3v) is 1.41. The molecule has 0 saturated carbocycles. The maximum atomic E-state index is 8.86. The van der Waals surface area contributed by atoms with Gasteiger partial charge in [0.1, 0.15) is 0 Å². The van der Waals surface area contributed by atoms with Gasteiger partial charge in [-0.25, -0.2) is 15.0 Å². The van der Waals surface area contributed by atoms with Crippen molar-refractivity contribution >= 4 is 0 Å². The SMILES string of the molecule is CCC(OO)(OOC(C)(C)C)OOC(C)(C)C. The highest BCUT2D eigenvalue weighted by Crippen LogP contribution is 2.25. The van der Waals surface area contributed by atoms with Crippen LogP contribution in [0.2, 0.25) is 0 Å². The fourth-order valence-corrected chi connectivity index (χ4v) is 0.604. The summed E-state index contributed by atoms with van der Waals surface area (Å²) < 4.78 is 0. The van der Waals surface area contributed by atoms with E-state index in [1.807, 2.05) is 0 Å². The Kier molecular flexibility index (Phi) is 6.00. The van der Waals surface area contributed by atoms with Crippen LogP contribution in [-0.2, 0) is 24.4 Å². The normalized spacial score (nSPS) is 14.1. The summed E-state index contributed by atoms with van der Waals surface area (Å²) in [7, 11) is 0. The minimum atomic E-state index is -1.79. The van der Waals surface area contributed by atoms with E-state index in [-0.39, 0.29) is 6.42 Å². The molecular formula is C11H24O6.